The lowest BCUT2D eigenvalue weighted by molar-refractivity contribution is -0.919. The molecule has 28 heavy (non-hydrogen) atoms. The van der Waals surface area contributed by atoms with Crippen LogP contribution >= 0.6 is 0 Å². The van der Waals surface area contributed by atoms with Crippen molar-refractivity contribution in [2.75, 3.05) is 43.0 Å². The number of hydrogen-bond acceptors (Lipinski definition) is 4. The highest BCUT2D eigenvalue weighted by Gasteiger charge is 2.33. The predicted octanol–water partition coefficient (Wildman–Crippen LogP) is 1.86. The van der Waals surface area contributed by atoms with E-state index in [0.717, 1.165) is 44.7 Å². The van der Waals surface area contributed by atoms with E-state index in [1.54, 1.807) is 0 Å². The SMILES string of the molecule is CCOC(=O)C1CC[NH+]([C@@H](C)C(=O)Nc2ccc(N3CCCCC3)cc2)CC1. The van der Waals surface area contributed by atoms with E-state index >= 15 is 0 Å². The van der Waals surface area contributed by atoms with Crippen LogP contribution in [-0.4, -0.2) is 50.7 Å². The second-order valence-corrected chi connectivity index (χ2v) is 7.99. The maximum Gasteiger partial charge on any atom is 0.309 e. The maximum atomic E-state index is 12.7. The molecular formula is C22H34N3O3+. The van der Waals surface area contributed by atoms with Crippen LogP contribution in [-0.2, 0) is 14.3 Å². The van der Waals surface area contributed by atoms with Crippen LogP contribution < -0.4 is 15.1 Å². The van der Waals surface area contributed by atoms with Gasteiger partial charge in [-0.1, -0.05) is 0 Å². The summed E-state index contributed by atoms with van der Waals surface area (Å²) < 4.78 is 5.13. The van der Waals surface area contributed by atoms with Crippen molar-refractivity contribution in [1.82, 2.24) is 0 Å². The van der Waals surface area contributed by atoms with Crippen LogP contribution in [0.5, 0.6) is 0 Å². The minimum absolute atomic E-state index is 0.0127. The Labute approximate surface area is 168 Å². The van der Waals surface area contributed by atoms with Gasteiger partial charge in [0.05, 0.1) is 25.6 Å². The fourth-order valence-corrected chi connectivity index (χ4v) is 4.26. The van der Waals surface area contributed by atoms with Crippen LogP contribution in [0.2, 0.25) is 0 Å². The molecule has 1 atom stereocenters. The van der Waals surface area contributed by atoms with Crippen LogP contribution in [0.15, 0.2) is 24.3 Å². The second-order valence-electron chi connectivity index (χ2n) is 7.99. The lowest BCUT2D eigenvalue weighted by Gasteiger charge is -2.31. The van der Waals surface area contributed by atoms with Crippen LogP contribution in [0.3, 0.4) is 0 Å². The van der Waals surface area contributed by atoms with Crippen molar-refractivity contribution >= 4 is 23.3 Å². The molecule has 1 aromatic carbocycles. The highest BCUT2D eigenvalue weighted by molar-refractivity contribution is 5.93. The number of anilines is 2. The summed E-state index contributed by atoms with van der Waals surface area (Å²) in [5.41, 5.74) is 2.08. The number of amides is 1. The smallest absolute Gasteiger partial charge is 0.309 e. The molecule has 2 heterocycles. The van der Waals surface area contributed by atoms with E-state index in [9.17, 15) is 9.59 Å². The Hall–Kier alpha value is -2.08. The van der Waals surface area contributed by atoms with E-state index in [1.807, 2.05) is 26.0 Å². The minimum atomic E-state index is -0.134. The molecule has 2 aliphatic rings. The first-order valence-electron chi connectivity index (χ1n) is 10.8. The summed E-state index contributed by atoms with van der Waals surface area (Å²) in [5, 5.41) is 3.05. The van der Waals surface area contributed by atoms with E-state index in [1.165, 1.54) is 29.8 Å². The van der Waals surface area contributed by atoms with Gasteiger partial charge in [-0.2, -0.15) is 0 Å². The van der Waals surface area contributed by atoms with Gasteiger partial charge in [0.1, 0.15) is 0 Å². The van der Waals surface area contributed by atoms with E-state index < -0.39 is 0 Å². The maximum absolute atomic E-state index is 12.7. The molecule has 0 aliphatic carbocycles. The Bertz CT molecular complexity index is 647. The number of likely N-dealkylation sites (tertiary alicyclic amines) is 1. The van der Waals surface area contributed by atoms with Crippen LogP contribution in [0, 0.1) is 5.92 Å². The molecule has 0 unspecified atom stereocenters. The average Bonchev–Trinajstić information content (AvgIpc) is 2.74. The Kier molecular flexibility index (Phi) is 7.31. The molecule has 2 aliphatic heterocycles. The number of carbonyl (C=O) groups excluding carboxylic acids is 2. The van der Waals surface area contributed by atoms with E-state index in [2.05, 4.69) is 22.3 Å². The molecule has 2 fully saturated rings. The summed E-state index contributed by atoms with van der Waals surface area (Å²) >= 11 is 0. The summed E-state index contributed by atoms with van der Waals surface area (Å²) in [5.74, 6) is -0.0657. The van der Waals surface area contributed by atoms with Crippen LogP contribution in [0.25, 0.3) is 0 Å². The molecule has 2 N–H and O–H groups in total. The van der Waals surface area contributed by atoms with Gasteiger partial charge < -0.3 is 19.9 Å². The number of piperidine rings is 2. The van der Waals surface area contributed by atoms with Gasteiger partial charge in [0, 0.05) is 37.3 Å². The summed E-state index contributed by atoms with van der Waals surface area (Å²) in [4.78, 5) is 28.2. The third kappa shape index (κ3) is 5.25. The molecule has 0 bridgehead atoms. The number of rotatable bonds is 6. The molecule has 0 spiro atoms. The minimum Gasteiger partial charge on any atom is -0.466 e. The summed E-state index contributed by atoms with van der Waals surface area (Å²) in [6, 6.07) is 8.06. The number of esters is 1. The Balaban J connectivity index is 1.48. The van der Waals surface area contributed by atoms with Gasteiger partial charge in [0.25, 0.3) is 5.91 Å². The zero-order chi connectivity index (χ0) is 19.9. The van der Waals surface area contributed by atoms with Gasteiger partial charge in [-0.3, -0.25) is 9.59 Å². The van der Waals surface area contributed by atoms with Gasteiger partial charge in [0.15, 0.2) is 6.04 Å². The predicted molar refractivity (Wildman–Crippen MR) is 111 cm³/mol. The number of nitrogens with zero attached hydrogens (tertiary/aromatic N) is 1. The number of quaternary nitrogens is 1. The van der Waals surface area contributed by atoms with Crippen molar-refractivity contribution in [3.8, 4) is 0 Å². The molecular weight excluding hydrogens is 354 g/mol. The standard InChI is InChI=1S/C22H33N3O3/c1-3-28-22(27)18-11-15-24(16-12-18)17(2)21(26)23-19-7-9-20(10-8-19)25-13-5-4-6-14-25/h7-10,17-18H,3-6,11-16H2,1-2H3,(H,23,26)/p+1/t17-/m0/s1. The highest BCUT2D eigenvalue weighted by atomic mass is 16.5. The van der Waals surface area contributed by atoms with Gasteiger partial charge in [-0.25, -0.2) is 0 Å². The number of hydrogen-bond donors (Lipinski definition) is 2. The third-order valence-corrected chi connectivity index (χ3v) is 6.11. The molecule has 1 aromatic rings. The summed E-state index contributed by atoms with van der Waals surface area (Å²) in [6.07, 6.45) is 5.41. The fraction of sp³-hybridized carbons (Fsp3) is 0.636. The Morgan fingerprint density at radius 2 is 1.79 bits per heavy atom. The van der Waals surface area contributed by atoms with Crippen molar-refractivity contribution in [3.05, 3.63) is 24.3 Å². The molecule has 6 nitrogen and oxygen atoms in total. The first-order valence-corrected chi connectivity index (χ1v) is 10.8. The number of carbonyl (C=O) groups is 2. The molecule has 0 radical (unpaired) electrons. The molecule has 0 aromatic heterocycles. The van der Waals surface area contributed by atoms with Crippen LogP contribution in [0.1, 0.15) is 46.0 Å². The first kappa shape index (κ1) is 20.6. The second kappa shape index (κ2) is 9.92. The summed E-state index contributed by atoms with van der Waals surface area (Å²) in [7, 11) is 0. The third-order valence-electron chi connectivity index (χ3n) is 6.11. The molecule has 0 saturated carbocycles. The van der Waals surface area contributed by atoms with Crippen molar-refractivity contribution in [1.29, 1.82) is 0 Å². The van der Waals surface area contributed by atoms with Crippen molar-refractivity contribution in [2.24, 2.45) is 5.92 Å². The lowest BCUT2D eigenvalue weighted by Crippen LogP contribution is -3.17. The summed E-state index contributed by atoms with van der Waals surface area (Å²) in [6.45, 7) is 8.13. The number of ether oxygens (including phenoxy) is 1. The normalized spacial score (nSPS) is 23.7. The van der Waals surface area contributed by atoms with Gasteiger partial charge >= 0.3 is 5.97 Å². The highest BCUT2D eigenvalue weighted by Crippen LogP contribution is 2.22. The lowest BCUT2D eigenvalue weighted by atomic mass is 9.96. The van der Waals surface area contributed by atoms with Crippen molar-refractivity contribution < 1.29 is 19.2 Å². The Morgan fingerprint density at radius 1 is 1.14 bits per heavy atom. The quantitative estimate of drug-likeness (QED) is 0.731. The van der Waals surface area contributed by atoms with E-state index in [4.69, 9.17) is 4.74 Å². The topological polar surface area (TPSA) is 63.1 Å². The van der Waals surface area contributed by atoms with E-state index in [0.29, 0.717) is 6.61 Å². The molecule has 154 valence electrons. The fourth-order valence-electron chi connectivity index (χ4n) is 4.26. The first-order chi connectivity index (χ1) is 13.6. The average molecular weight is 389 g/mol. The number of nitrogens with one attached hydrogen (secondary N) is 2. The van der Waals surface area contributed by atoms with E-state index in [-0.39, 0.29) is 23.8 Å². The molecule has 2 saturated heterocycles. The zero-order valence-corrected chi connectivity index (χ0v) is 17.2. The van der Waals surface area contributed by atoms with Crippen molar-refractivity contribution in [2.45, 2.75) is 52.0 Å². The molecule has 3 rings (SSSR count). The van der Waals surface area contributed by atoms with Gasteiger partial charge in [-0.05, 0) is 57.4 Å². The Morgan fingerprint density at radius 3 is 2.39 bits per heavy atom. The molecule has 6 heteroatoms. The monoisotopic (exact) mass is 388 g/mol. The number of benzene rings is 1. The van der Waals surface area contributed by atoms with Crippen LogP contribution in [0.4, 0.5) is 11.4 Å². The van der Waals surface area contributed by atoms with Gasteiger partial charge in [0.2, 0.25) is 0 Å². The largest absolute Gasteiger partial charge is 0.466 e. The van der Waals surface area contributed by atoms with Crippen molar-refractivity contribution in [3.63, 3.8) is 0 Å². The van der Waals surface area contributed by atoms with Gasteiger partial charge in [-0.15, -0.1) is 0 Å². The molecule has 1 amide bonds. The zero-order valence-electron chi connectivity index (χ0n) is 17.2.